The summed E-state index contributed by atoms with van der Waals surface area (Å²) in [6.07, 6.45) is 2.27. The lowest BCUT2D eigenvalue weighted by molar-refractivity contribution is 0.560. The third-order valence-corrected chi connectivity index (χ3v) is 3.21. The molecule has 0 radical (unpaired) electrons. The highest BCUT2D eigenvalue weighted by molar-refractivity contribution is 5.79. The Labute approximate surface area is 98.9 Å². The molecule has 0 amide bonds. The fraction of sp³-hybridized carbons (Fsp3) is 0.385. The van der Waals surface area contributed by atoms with Crippen LogP contribution in [0.25, 0.3) is 11.0 Å². The van der Waals surface area contributed by atoms with E-state index in [1.807, 2.05) is 24.0 Å². The smallest absolute Gasteiger partial charge is 0.301 e. The first-order valence-corrected chi connectivity index (χ1v) is 5.91. The molecule has 4 nitrogen and oxygen atoms in total. The first kappa shape index (κ1) is 10.3. The molecule has 2 aromatic rings. The van der Waals surface area contributed by atoms with Crippen molar-refractivity contribution in [3.63, 3.8) is 0 Å². The van der Waals surface area contributed by atoms with Crippen LogP contribution in [0.5, 0.6) is 0 Å². The Kier molecular flexibility index (Phi) is 2.35. The Balaban J connectivity index is 2.22. The van der Waals surface area contributed by atoms with Gasteiger partial charge >= 0.3 is 6.01 Å². The van der Waals surface area contributed by atoms with E-state index in [0.717, 1.165) is 31.5 Å². The summed E-state index contributed by atoms with van der Waals surface area (Å²) >= 11 is 0. The second kappa shape index (κ2) is 3.87. The number of hydrogen-bond acceptors (Lipinski definition) is 4. The van der Waals surface area contributed by atoms with Crippen molar-refractivity contribution in [1.29, 1.82) is 0 Å². The molecule has 1 fully saturated rings. The number of nitrogens with zero attached hydrogens (tertiary/aromatic N) is 2. The molecule has 0 unspecified atom stereocenters. The van der Waals surface area contributed by atoms with Crippen LogP contribution in [0.15, 0.2) is 27.4 Å². The van der Waals surface area contributed by atoms with Crippen molar-refractivity contribution in [2.75, 3.05) is 18.0 Å². The third-order valence-electron chi connectivity index (χ3n) is 3.21. The molecule has 1 saturated heterocycles. The zero-order chi connectivity index (χ0) is 11.8. The largest absolute Gasteiger partial charge is 0.425 e. The first-order chi connectivity index (χ1) is 8.25. The Bertz CT molecular complexity index is 612. The predicted molar refractivity (Wildman–Crippen MR) is 66.5 cm³/mol. The van der Waals surface area contributed by atoms with Gasteiger partial charge in [-0.2, -0.15) is 4.98 Å². The van der Waals surface area contributed by atoms with Gasteiger partial charge < -0.3 is 9.32 Å². The molecule has 0 saturated carbocycles. The fourth-order valence-electron chi connectivity index (χ4n) is 2.26. The van der Waals surface area contributed by atoms with Crippen LogP contribution in [0.3, 0.4) is 0 Å². The fourth-order valence-corrected chi connectivity index (χ4v) is 2.26. The van der Waals surface area contributed by atoms with E-state index in [9.17, 15) is 4.79 Å². The monoisotopic (exact) mass is 230 g/mol. The van der Waals surface area contributed by atoms with E-state index in [1.54, 1.807) is 6.07 Å². The highest BCUT2D eigenvalue weighted by Crippen LogP contribution is 2.22. The molecule has 0 spiro atoms. The van der Waals surface area contributed by atoms with E-state index in [4.69, 9.17) is 4.42 Å². The lowest BCUT2D eigenvalue weighted by atomic mass is 10.2. The van der Waals surface area contributed by atoms with Crippen LogP contribution in [-0.4, -0.2) is 18.1 Å². The van der Waals surface area contributed by atoms with Gasteiger partial charge in [0.05, 0.1) is 5.39 Å². The molecule has 0 aliphatic carbocycles. The number of hydrogen-bond donors (Lipinski definition) is 0. The van der Waals surface area contributed by atoms with Crippen LogP contribution in [0.4, 0.5) is 6.01 Å². The van der Waals surface area contributed by atoms with Crippen LogP contribution in [0.1, 0.15) is 18.4 Å². The van der Waals surface area contributed by atoms with Gasteiger partial charge in [-0.3, -0.25) is 4.79 Å². The van der Waals surface area contributed by atoms with E-state index >= 15 is 0 Å². The molecular formula is C13H14N2O2. The van der Waals surface area contributed by atoms with Crippen molar-refractivity contribution < 1.29 is 4.42 Å². The molecule has 0 N–H and O–H groups in total. The molecule has 4 heteroatoms. The van der Waals surface area contributed by atoms with Crippen molar-refractivity contribution in [1.82, 2.24) is 4.98 Å². The maximum atomic E-state index is 11.9. The van der Waals surface area contributed by atoms with Crippen LogP contribution in [-0.2, 0) is 0 Å². The average Bonchev–Trinajstić information content (AvgIpc) is 2.84. The molecule has 2 heterocycles. The lowest BCUT2D eigenvalue weighted by Gasteiger charge is -2.14. The summed E-state index contributed by atoms with van der Waals surface area (Å²) < 4.78 is 5.77. The van der Waals surface area contributed by atoms with Gasteiger partial charge in [0.25, 0.3) is 5.56 Å². The Morgan fingerprint density at radius 1 is 1.29 bits per heavy atom. The molecule has 1 aromatic heterocycles. The van der Waals surface area contributed by atoms with Gasteiger partial charge in [0, 0.05) is 13.1 Å². The summed E-state index contributed by atoms with van der Waals surface area (Å²) in [5, 5.41) is 0.563. The molecule has 1 aliphatic heterocycles. The zero-order valence-electron chi connectivity index (χ0n) is 9.77. The SMILES string of the molecule is Cc1cccc2c(=O)nc(N3CCCC3)oc12. The van der Waals surface area contributed by atoms with Crippen LogP contribution in [0, 0.1) is 6.92 Å². The first-order valence-electron chi connectivity index (χ1n) is 5.91. The third kappa shape index (κ3) is 1.69. The number of anilines is 1. The van der Waals surface area contributed by atoms with E-state index in [-0.39, 0.29) is 5.56 Å². The molecule has 1 aromatic carbocycles. The minimum atomic E-state index is -0.197. The standard InChI is InChI=1S/C13H14N2O2/c1-9-5-4-6-10-11(9)17-13(14-12(10)16)15-7-2-3-8-15/h4-6H,2-3,7-8H2,1H3. The molecule has 3 rings (SSSR count). The number of aromatic nitrogens is 1. The van der Waals surface area contributed by atoms with Crippen LogP contribution in [0.2, 0.25) is 0 Å². The van der Waals surface area contributed by atoms with Crippen molar-refractivity contribution >= 4 is 17.0 Å². The lowest BCUT2D eigenvalue weighted by Crippen LogP contribution is -2.22. The second-order valence-electron chi connectivity index (χ2n) is 4.45. The van der Waals surface area contributed by atoms with Crippen LogP contribution < -0.4 is 10.5 Å². The molecule has 1 aliphatic rings. The van der Waals surface area contributed by atoms with E-state index in [2.05, 4.69) is 4.98 Å². The molecule has 88 valence electrons. The summed E-state index contributed by atoms with van der Waals surface area (Å²) in [5.74, 6) is 0. The maximum absolute atomic E-state index is 11.9. The highest BCUT2D eigenvalue weighted by Gasteiger charge is 2.18. The summed E-state index contributed by atoms with van der Waals surface area (Å²) in [6.45, 7) is 3.79. The number of fused-ring (bicyclic) bond motifs is 1. The quantitative estimate of drug-likeness (QED) is 0.752. The van der Waals surface area contributed by atoms with Crippen molar-refractivity contribution in [2.45, 2.75) is 19.8 Å². The molecule has 0 bridgehead atoms. The van der Waals surface area contributed by atoms with Gasteiger partial charge in [0.1, 0.15) is 5.58 Å². The molecular weight excluding hydrogens is 216 g/mol. The van der Waals surface area contributed by atoms with Gasteiger partial charge in [-0.25, -0.2) is 0 Å². The molecule has 17 heavy (non-hydrogen) atoms. The summed E-state index contributed by atoms with van der Waals surface area (Å²) in [6, 6.07) is 6.02. The van der Waals surface area contributed by atoms with Gasteiger partial charge in [-0.05, 0) is 31.4 Å². The van der Waals surface area contributed by atoms with Crippen molar-refractivity contribution in [3.05, 3.63) is 34.1 Å². The number of benzene rings is 1. The number of rotatable bonds is 1. The summed E-state index contributed by atoms with van der Waals surface area (Å²) in [7, 11) is 0. The van der Waals surface area contributed by atoms with Crippen molar-refractivity contribution in [3.8, 4) is 0 Å². The Morgan fingerprint density at radius 2 is 2.06 bits per heavy atom. The topological polar surface area (TPSA) is 46.3 Å². The van der Waals surface area contributed by atoms with Crippen molar-refractivity contribution in [2.24, 2.45) is 0 Å². The normalized spacial score (nSPS) is 15.7. The Hall–Kier alpha value is -1.84. The Morgan fingerprint density at radius 3 is 2.82 bits per heavy atom. The predicted octanol–water partition coefficient (Wildman–Crippen LogP) is 2.10. The van der Waals surface area contributed by atoms with E-state index in [0.29, 0.717) is 17.0 Å². The number of para-hydroxylation sites is 1. The minimum Gasteiger partial charge on any atom is -0.425 e. The summed E-state index contributed by atoms with van der Waals surface area (Å²) in [5.41, 5.74) is 1.44. The van der Waals surface area contributed by atoms with Gasteiger partial charge in [0.15, 0.2) is 0 Å². The zero-order valence-corrected chi connectivity index (χ0v) is 9.77. The van der Waals surface area contributed by atoms with Gasteiger partial charge in [0.2, 0.25) is 0 Å². The number of aryl methyl sites for hydroxylation is 1. The second-order valence-corrected chi connectivity index (χ2v) is 4.45. The summed E-state index contributed by atoms with van der Waals surface area (Å²) in [4.78, 5) is 18.0. The van der Waals surface area contributed by atoms with Crippen LogP contribution >= 0.6 is 0 Å². The maximum Gasteiger partial charge on any atom is 0.301 e. The van der Waals surface area contributed by atoms with E-state index in [1.165, 1.54) is 0 Å². The molecule has 0 atom stereocenters. The van der Waals surface area contributed by atoms with E-state index < -0.39 is 0 Å². The average molecular weight is 230 g/mol. The highest BCUT2D eigenvalue weighted by atomic mass is 16.4. The minimum absolute atomic E-state index is 0.197. The van der Waals surface area contributed by atoms with Gasteiger partial charge in [-0.15, -0.1) is 0 Å². The van der Waals surface area contributed by atoms with Gasteiger partial charge in [-0.1, -0.05) is 12.1 Å².